The van der Waals surface area contributed by atoms with Crippen molar-refractivity contribution in [1.82, 2.24) is 15.1 Å². The molecule has 2 rings (SSSR count). The molecule has 16 heavy (non-hydrogen) atoms. The SMILES string of the molecule is CC1CNCCC1N1CCN(C)C(C)(C)C1. The molecule has 0 aromatic heterocycles. The van der Waals surface area contributed by atoms with Gasteiger partial charge in [-0.3, -0.25) is 9.80 Å². The third-order valence-electron chi connectivity index (χ3n) is 4.56. The monoisotopic (exact) mass is 225 g/mol. The molecule has 3 heteroatoms. The fraction of sp³-hybridized carbons (Fsp3) is 1.00. The second-order valence-corrected chi connectivity index (χ2v) is 6.24. The van der Waals surface area contributed by atoms with E-state index in [0.29, 0.717) is 5.54 Å². The first-order chi connectivity index (χ1) is 7.50. The minimum atomic E-state index is 0.336. The summed E-state index contributed by atoms with van der Waals surface area (Å²) in [6.45, 7) is 13.2. The lowest BCUT2D eigenvalue weighted by Crippen LogP contribution is -2.62. The quantitative estimate of drug-likeness (QED) is 0.718. The molecule has 0 bridgehead atoms. The number of likely N-dealkylation sites (N-methyl/N-ethyl adjacent to an activating group) is 1. The summed E-state index contributed by atoms with van der Waals surface area (Å²) >= 11 is 0. The Morgan fingerprint density at radius 3 is 2.62 bits per heavy atom. The zero-order chi connectivity index (χ0) is 11.8. The Labute approximate surface area is 100 Å². The van der Waals surface area contributed by atoms with Crippen LogP contribution >= 0.6 is 0 Å². The molecule has 2 aliphatic rings. The number of piperidine rings is 1. The first-order valence-corrected chi connectivity index (χ1v) is 6.67. The molecule has 2 heterocycles. The Bertz CT molecular complexity index is 239. The maximum Gasteiger partial charge on any atom is 0.0277 e. The van der Waals surface area contributed by atoms with E-state index in [-0.39, 0.29) is 0 Å². The Hall–Kier alpha value is -0.120. The Morgan fingerprint density at radius 2 is 2.00 bits per heavy atom. The van der Waals surface area contributed by atoms with Crippen LogP contribution in [0.1, 0.15) is 27.2 Å². The number of hydrogen-bond acceptors (Lipinski definition) is 3. The van der Waals surface area contributed by atoms with Gasteiger partial charge in [0.05, 0.1) is 0 Å². The van der Waals surface area contributed by atoms with Crippen molar-refractivity contribution in [2.75, 3.05) is 39.8 Å². The Morgan fingerprint density at radius 1 is 1.25 bits per heavy atom. The van der Waals surface area contributed by atoms with E-state index in [1.165, 1.54) is 39.1 Å². The normalized spacial score (nSPS) is 37.5. The summed E-state index contributed by atoms with van der Waals surface area (Å²) in [6.07, 6.45) is 1.32. The van der Waals surface area contributed by atoms with Crippen molar-refractivity contribution in [1.29, 1.82) is 0 Å². The average molecular weight is 225 g/mol. The third kappa shape index (κ3) is 2.41. The molecule has 0 aromatic carbocycles. The van der Waals surface area contributed by atoms with E-state index in [9.17, 15) is 0 Å². The van der Waals surface area contributed by atoms with Crippen molar-refractivity contribution in [2.45, 2.75) is 38.8 Å². The lowest BCUT2D eigenvalue weighted by molar-refractivity contribution is -0.00342. The number of nitrogens with zero attached hydrogens (tertiary/aromatic N) is 2. The van der Waals surface area contributed by atoms with Gasteiger partial charge in [-0.05, 0) is 46.3 Å². The zero-order valence-corrected chi connectivity index (χ0v) is 11.3. The number of hydrogen-bond donors (Lipinski definition) is 1. The standard InChI is InChI=1S/C13H27N3/c1-11-9-14-6-5-12(11)16-8-7-15(4)13(2,3)10-16/h11-12,14H,5-10H2,1-4H3. The lowest BCUT2D eigenvalue weighted by atomic mass is 9.90. The van der Waals surface area contributed by atoms with Crippen LogP contribution in [0.25, 0.3) is 0 Å². The van der Waals surface area contributed by atoms with E-state index in [0.717, 1.165) is 12.0 Å². The fourth-order valence-corrected chi connectivity index (χ4v) is 3.10. The molecule has 1 N–H and O–H groups in total. The maximum absolute atomic E-state index is 3.50. The molecule has 0 spiro atoms. The predicted molar refractivity (Wildman–Crippen MR) is 68.7 cm³/mol. The van der Waals surface area contributed by atoms with Gasteiger partial charge in [-0.15, -0.1) is 0 Å². The van der Waals surface area contributed by atoms with Crippen molar-refractivity contribution in [3.05, 3.63) is 0 Å². The minimum absolute atomic E-state index is 0.336. The largest absolute Gasteiger partial charge is 0.316 e. The second kappa shape index (κ2) is 4.63. The van der Waals surface area contributed by atoms with Crippen LogP contribution in [0.5, 0.6) is 0 Å². The van der Waals surface area contributed by atoms with Crippen molar-refractivity contribution >= 4 is 0 Å². The van der Waals surface area contributed by atoms with Crippen LogP contribution in [-0.4, -0.2) is 61.2 Å². The van der Waals surface area contributed by atoms with E-state index >= 15 is 0 Å². The molecular formula is C13H27N3. The maximum atomic E-state index is 3.50. The Balaban J connectivity index is 1.99. The first kappa shape index (κ1) is 12.3. The zero-order valence-electron chi connectivity index (χ0n) is 11.3. The molecule has 0 aliphatic carbocycles. The summed E-state index contributed by atoms with van der Waals surface area (Å²) in [4.78, 5) is 5.22. The van der Waals surface area contributed by atoms with Gasteiger partial charge in [0.25, 0.3) is 0 Å². The van der Waals surface area contributed by atoms with Crippen LogP contribution < -0.4 is 5.32 Å². The summed E-state index contributed by atoms with van der Waals surface area (Å²) in [5, 5.41) is 3.50. The van der Waals surface area contributed by atoms with Gasteiger partial charge < -0.3 is 5.32 Å². The topological polar surface area (TPSA) is 18.5 Å². The molecule has 94 valence electrons. The highest BCUT2D eigenvalue weighted by atomic mass is 15.3. The highest BCUT2D eigenvalue weighted by Gasteiger charge is 2.36. The van der Waals surface area contributed by atoms with Crippen molar-refractivity contribution in [2.24, 2.45) is 5.92 Å². The smallest absolute Gasteiger partial charge is 0.0277 e. The predicted octanol–water partition coefficient (Wildman–Crippen LogP) is 1.01. The van der Waals surface area contributed by atoms with Crippen LogP contribution in [0.3, 0.4) is 0 Å². The molecule has 0 aromatic rings. The molecule has 2 atom stereocenters. The highest BCUT2D eigenvalue weighted by Crippen LogP contribution is 2.25. The minimum Gasteiger partial charge on any atom is -0.316 e. The van der Waals surface area contributed by atoms with Gasteiger partial charge in [0.2, 0.25) is 0 Å². The molecular weight excluding hydrogens is 198 g/mol. The molecule has 2 fully saturated rings. The van der Waals surface area contributed by atoms with E-state index in [4.69, 9.17) is 0 Å². The molecule has 0 amide bonds. The number of piperazine rings is 1. The van der Waals surface area contributed by atoms with Gasteiger partial charge in [0, 0.05) is 31.2 Å². The molecule has 0 radical (unpaired) electrons. The summed E-state index contributed by atoms with van der Waals surface area (Å²) in [7, 11) is 2.25. The van der Waals surface area contributed by atoms with Gasteiger partial charge in [-0.1, -0.05) is 6.92 Å². The van der Waals surface area contributed by atoms with Crippen LogP contribution in [0, 0.1) is 5.92 Å². The Kier molecular flexibility index (Phi) is 3.57. The van der Waals surface area contributed by atoms with E-state index in [1.54, 1.807) is 0 Å². The fourth-order valence-electron chi connectivity index (χ4n) is 3.10. The average Bonchev–Trinajstić information content (AvgIpc) is 2.23. The van der Waals surface area contributed by atoms with Gasteiger partial charge in [-0.2, -0.15) is 0 Å². The number of nitrogens with one attached hydrogen (secondary N) is 1. The van der Waals surface area contributed by atoms with Crippen molar-refractivity contribution in [3.8, 4) is 0 Å². The molecule has 2 aliphatic heterocycles. The van der Waals surface area contributed by atoms with Gasteiger partial charge in [0.1, 0.15) is 0 Å². The van der Waals surface area contributed by atoms with E-state index in [2.05, 4.69) is 42.9 Å². The van der Waals surface area contributed by atoms with E-state index < -0.39 is 0 Å². The summed E-state index contributed by atoms with van der Waals surface area (Å²) in [5.41, 5.74) is 0.336. The summed E-state index contributed by atoms with van der Waals surface area (Å²) < 4.78 is 0. The summed E-state index contributed by atoms with van der Waals surface area (Å²) in [5.74, 6) is 0.799. The lowest BCUT2D eigenvalue weighted by Gasteiger charge is -2.50. The highest BCUT2D eigenvalue weighted by molar-refractivity contribution is 4.93. The van der Waals surface area contributed by atoms with Gasteiger partial charge in [-0.25, -0.2) is 0 Å². The van der Waals surface area contributed by atoms with Gasteiger partial charge >= 0.3 is 0 Å². The number of rotatable bonds is 1. The van der Waals surface area contributed by atoms with Crippen molar-refractivity contribution in [3.63, 3.8) is 0 Å². The van der Waals surface area contributed by atoms with Crippen molar-refractivity contribution < 1.29 is 0 Å². The molecule has 3 nitrogen and oxygen atoms in total. The van der Waals surface area contributed by atoms with E-state index in [1.807, 2.05) is 0 Å². The molecule has 2 unspecified atom stereocenters. The van der Waals surface area contributed by atoms with Gasteiger partial charge in [0.15, 0.2) is 0 Å². The second-order valence-electron chi connectivity index (χ2n) is 6.24. The van der Waals surface area contributed by atoms with Crippen LogP contribution in [-0.2, 0) is 0 Å². The van der Waals surface area contributed by atoms with Crippen LogP contribution in [0.2, 0.25) is 0 Å². The molecule has 0 saturated carbocycles. The third-order valence-corrected chi connectivity index (χ3v) is 4.56. The van der Waals surface area contributed by atoms with Crippen LogP contribution in [0.4, 0.5) is 0 Å². The summed E-state index contributed by atoms with van der Waals surface area (Å²) in [6, 6.07) is 0.800. The van der Waals surface area contributed by atoms with Crippen LogP contribution in [0.15, 0.2) is 0 Å². The molecule has 2 saturated heterocycles. The first-order valence-electron chi connectivity index (χ1n) is 6.67.